The van der Waals surface area contributed by atoms with Gasteiger partial charge in [0.05, 0.1) is 49.3 Å². The number of nitrogens with two attached hydrogens (primary N) is 1. The van der Waals surface area contributed by atoms with E-state index in [4.69, 9.17) is 29.4 Å². The summed E-state index contributed by atoms with van der Waals surface area (Å²) in [6.45, 7) is 4.64. The Morgan fingerprint density at radius 3 is 2.59 bits per heavy atom. The standard InChI is InChI=1S/C29H42N4O13/c1-5-16-17(8-7-15-11-33(9-10-34)12-18(24(37)38)21(15)32-28(30)31-3)19(25(39)42-4)14-44-26(16)46-27-23(43-6-2)29(40,41)22(36)20(13-35)45-27/h5,7-8,11,14,16-17,20,22-23,26-27,34-36,40-41H,1,6,9-10,12-13H2,2-4H3,(H,37,38)(H3,30,31,32)/p+1. The van der Waals surface area contributed by atoms with Gasteiger partial charge in [-0.05, 0) is 6.92 Å². The van der Waals surface area contributed by atoms with Gasteiger partial charge in [-0.1, -0.05) is 18.2 Å². The molecule has 46 heavy (non-hydrogen) atoms. The summed E-state index contributed by atoms with van der Waals surface area (Å²) in [4.78, 5) is 29.5. The van der Waals surface area contributed by atoms with Crippen molar-refractivity contribution < 1.29 is 68.8 Å². The molecule has 0 bridgehead atoms. The zero-order valence-electron chi connectivity index (χ0n) is 25.7. The number of quaternary nitrogens is 1. The van der Waals surface area contributed by atoms with Crippen molar-refractivity contribution in [3.63, 3.8) is 0 Å². The molecular formula is C29H43N4O13+. The molecule has 17 heteroatoms. The van der Waals surface area contributed by atoms with Gasteiger partial charge < -0.3 is 70.3 Å². The Balaban J connectivity index is 2.05. The Morgan fingerprint density at radius 2 is 2.02 bits per heavy atom. The second-order valence-corrected chi connectivity index (χ2v) is 10.5. The van der Waals surface area contributed by atoms with Gasteiger partial charge >= 0.3 is 11.9 Å². The second-order valence-electron chi connectivity index (χ2n) is 10.5. The van der Waals surface area contributed by atoms with Crippen molar-refractivity contribution in [3.8, 4) is 0 Å². The average molecular weight is 656 g/mol. The van der Waals surface area contributed by atoms with Gasteiger partial charge in [0.25, 0.3) is 0 Å². The molecule has 256 valence electrons. The van der Waals surface area contributed by atoms with Gasteiger partial charge in [0.1, 0.15) is 37.1 Å². The number of aliphatic hydroxyl groups is 5. The third-order valence-corrected chi connectivity index (χ3v) is 7.69. The van der Waals surface area contributed by atoms with Crippen molar-refractivity contribution in [1.29, 1.82) is 0 Å². The molecule has 1 saturated heterocycles. The number of allylic oxidation sites excluding steroid dienone is 2. The number of hydrogen-bond acceptors (Lipinski definition) is 13. The van der Waals surface area contributed by atoms with Crippen LogP contribution in [0.15, 0.2) is 64.7 Å². The van der Waals surface area contributed by atoms with Gasteiger partial charge in [-0.3, -0.25) is 4.99 Å². The minimum Gasteiger partial charge on any atom is -0.478 e. The summed E-state index contributed by atoms with van der Waals surface area (Å²) in [5.74, 6) is -6.65. The molecule has 0 aromatic carbocycles. The Kier molecular flexibility index (Phi) is 13.0. The Bertz CT molecular complexity index is 1280. The highest BCUT2D eigenvalue weighted by Gasteiger charge is 2.57. The number of carboxylic acids is 1. The quantitative estimate of drug-likeness (QED) is 0.0303. The fourth-order valence-electron chi connectivity index (χ4n) is 5.31. The van der Waals surface area contributed by atoms with Gasteiger partial charge in [0.2, 0.25) is 12.1 Å². The largest absolute Gasteiger partial charge is 0.478 e. The Labute approximate surface area is 265 Å². The van der Waals surface area contributed by atoms with E-state index in [-0.39, 0.29) is 49.1 Å². The van der Waals surface area contributed by atoms with E-state index in [1.165, 1.54) is 20.2 Å². The average Bonchev–Trinajstić information content (AvgIpc) is 3.03. The van der Waals surface area contributed by atoms with Gasteiger partial charge in [-0.15, -0.1) is 6.58 Å². The lowest BCUT2D eigenvalue weighted by Gasteiger charge is -2.47. The number of esters is 1. The van der Waals surface area contributed by atoms with Crippen LogP contribution in [0.5, 0.6) is 0 Å². The maximum absolute atomic E-state index is 12.8. The first kappa shape index (κ1) is 36.8. The van der Waals surface area contributed by atoms with Crippen LogP contribution in [0, 0.1) is 11.8 Å². The fourth-order valence-corrected chi connectivity index (χ4v) is 5.31. The molecule has 0 radical (unpaired) electrons. The normalized spacial score (nSPS) is 31.5. The van der Waals surface area contributed by atoms with Crippen LogP contribution >= 0.6 is 0 Å². The molecule has 0 amide bonds. The predicted octanol–water partition coefficient (Wildman–Crippen LogP) is -3.80. The van der Waals surface area contributed by atoms with Crippen LogP contribution in [0.4, 0.5) is 0 Å². The third-order valence-electron chi connectivity index (χ3n) is 7.69. The first-order valence-electron chi connectivity index (χ1n) is 14.4. The molecule has 1 fully saturated rings. The molecule has 3 heterocycles. The van der Waals surface area contributed by atoms with Crippen molar-refractivity contribution in [3.05, 3.63) is 59.7 Å². The van der Waals surface area contributed by atoms with Crippen LogP contribution in [-0.4, -0.2) is 132 Å². The number of nitrogens with zero attached hydrogens (tertiary/aromatic N) is 1. The fraction of sp³-hybridized carbons (Fsp3) is 0.552. The molecule has 0 saturated carbocycles. The summed E-state index contributed by atoms with van der Waals surface area (Å²) >= 11 is 0. The monoisotopic (exact) mass is 655 g/mol. The van der Waals surface area contributed by atoms with Crippen molar-refractivity contribution in [2.45, 2.75) is 43.6 Å². The van der Waals surface area contributed by atoms with E-state index < -0.39 is 67.1 Å². The smallest absolute Gasteiger partial charge is 0.339 e. The van der Waals surface area contributed by atoms with E-state index >= 15 is 0 Å². The van der Waals surface area contributed by atoms with Crippen LogP contribution in [0.25, 0.3) is 0 Å². The highest BCUT2D eigenvalue weighted by molar-refractivity contribution is 5.92. The number of carbonyl (C=O) groups excluding carboxylic acids is 1. The molecule has 3 aliphatic heterocycles. The van der Waals surface area contributed by atoms with E-state index in [0.717, 1.165) is 6.26 Å². The van der Waals surface area contributed by atoms with E-state index in [9.17, 15) is 40.2 Å². The summed E-state index contributed by atoms with van der Waals surface area (Å²) in [6.07, 6.45) is -0.561. The van der Waals surface area contributed by atoms with E-state index in [1.54, 1.807) is 25.3 Å². The number of carbonyl (C=O) groups is 2. The highest BCUT2D eigenvalue weighted by Crippen LogP contribution is 2.38. The zero-order chi connectivity index (χ0) is 34.2. The van der Waals surface area contributed by atoms with Crippen molar-refractivity contribution in [2.75, 3.05) is 47.1 Å². The summed E-state index contributed by atoms with van der Waals surface area (Å²) in [6, 6.07) is 0. The van der Waals surface area contributed by atoms with Crippen LogP contribution in [-0.2, 0) is 33.3 Å². The lowest BCUT2D eigenvalue weighted by molar-refractivity contribution is -0.843. The maximum Gasteiger partial charge on any atom is 0.339 e. The predicted molar refractivity (Wildman–Crippen MR) is 158 cm³/mol. The van der Waals surface area contributed by atoms with Crippen molar-refractivity contribution in [1.82, 2.24) is 5.32 Å². The van der Waals surface area contributed by atoms with E-state index in [2.05, 4.69) is 16.9 Å². The number of rotatable bonds is 13. The molecule has 0 aliphatic carbocycles. The van der Waals surface area contributed by atoms with Gasteiger partial charge in [-0.2, -0.15) is 0 Å². The number of methoxy groups -OCH3 is 1. The van der Waals surface area contributed by atoms with Gasteiger partial charge in [0.15, 0.2) is 18.4 Å². The topological polar surface area (TPSA) is 257 Å². The SMILES string of the molecule is C=CC1C(OC2OC(CO)C(O)C(O)(O)C2OCC)OC=C(C(=O)OC)C1C=CC1=C[NH+](CCO)CC(C(=O)O)=C1NC(N)=NC. The molecule has 3 rings (SSSR count). The first-order valence-corrected chi connectivity index (χ1v) is 14.4. The van der Waals surface area contributed by atoms with Gasteiger partial charge in [-0.25, -0.2) is 9.59 Å². The number of ether oxygens (including phenoxy) is 5. The molecule has 0 spiro atoms. The summed E-state index contributed by atoms with van der Waals surface area (Å²) in [5, 5.41) is 63.7. The molecule has 0 aromatic rings. The minimum atomic E-state index is -2.88. The lowest BCUT2D eigenvalue weighted by Crippen LogP contribution is -3.09. The molecule has 3 aliphatic rings. The molecule has 10 N–H and O–H groups in total. The molecular weight excluding hydrogens is 612 g/mol. The van der Waals surface area contributed by atoms with E-state index in [1.807, 2.05) is 0 Å². The number of aliphatic carboxylic acids is 1. The number of carboxylic acid groups (broad SMARTS) is 1. The highest BCUT2D eigenvalue weighted by atomic mass is 16.8. The Morgan fingerprint density at radius 1 is 1.30 bits per heavy atom. The lowest BCUT2D eigenvalue weighted by atomic mass is 9.83. The summed E-state index contributed by atoms with van der Waals surface area (Å²) in [7, 11) is 2.60. The van der Waals surface area contributed by atoms with Crippen molar-refractivity contribution >= 4 is 17.9 Å². The third kappa shape index (κ3) is 8.00. The minimum absolute atomic E-state index is 0.0251. The second kappa shape index (κ2) is 16.3. The van der Waals surface area contributed by atoms with Crippen molar-refractivity contribution in [2.24, 2.45) is 22.6 Å². The molecule has 0 aromatic heterocycles. The number of aliphatic hydroxyl groups excluding tert-OH is 3. The number of guanidine groups is 1. The Hall–Kier alpha value is -3.65. The van der Waals surface area contributed by atoms with Gasteiger partial charge in [0, 0.05) is 19.6 Å². The van der Waals surface area contributed by atoms with Crippen LogP contribution in [0.3, 0.4) is 0 Å². The molecule has 8 unspecified atom stereocenters. The first-order chi connectivity index (χ1) is 21.9. The number of nitrogens with one attached hydrogen (secondary N) is 2. The van der Waals surface area contributed by atoms with Crippen LogP contribution in [0.1, 0.15) is 6.92 Å². The summed E-state index contributed by atoms with van der Waals surface area (Å²) < 4.78 is 27.7. The maximum atomic E-state index is 12.8. The van der Waals surface area contributed by atoms with Crippen LogP contribution in [0.2, 0.25) is 0 Å². The van der Waals surface area contributed by atoms with E-state index in [0.29, 0.717) is 10.5 Å². The summed E-state index contributed by atoms with van der Waals surface area (Å²) in [5.41, 5.74) is 6.40. The number of aliphatic imine (C=N–C) groups is 1. The van der Waals surface area contributed by atoms with Crippen LogP contribution < -0.4 is 16.0 Å². The zero-order valence-corrected chi connectivity index (χ0v) is 25.7. The number of hydrogen-bond donors (Lipinski definition) is 9. The molecule has 17 nitrogen and oxygen atoms in total. The molecule has 8 atom stereocenters.